The Kier molecular flexibility index (Phi) is 6.46. The van der Waals surface area contributed by atoms with Gasteiger partial charge in [-0.2, -0.15) is 0 Å². The summed E-state index contributed by atoms with van der Waals surface area (Å²) in [5, 5.41) is 3.71. The molecular weight excluding hydrogens is 312 g/mol. The number of nitrogens with one attached hydrogen (secondary N) is 1. The van der Waals surface area contributed by atoms with Crippen molar-refractivity contribution in [2.75, 3.05) is 13.1 Å². The first-order valence-electron chi connectivity index (χ1n) is 8.40. The van der Waals surface area contributed by atoms with E-state index in [-0.39, 0.29) is 23.8 Å². The number of hydrogen-bond acceptors (Lipinski definition) is 2. The Morgan fingerprint density at radius 3 is 2.52 bits per heavy atom. The summed E-state index contributed by atoms with van der Waals surface area (Å²) in [5.41, 5.74) is 0.621. The zero-order chi connectivity index (χ0) is 16.8. The van der Waals surface area contributed by atoms with Crippen molar-refractivity contribution in [3.05, 3.63) is 34.9 Å². The van der Waals surface area contributed by atoms with Crippen molar-refractivity contribution in [3.63, 3.8) is 0 Å². The summed E-state index contributed by atoms with van der Waals surface area (Å²) in [7, 11) is 0. The highest BCUT2D eigenvalue weighted by Gasteiger charge is 2.29. The van der Waals surface area contributed by atoms with Gasteiger partial charge in [-0.3, -0.25) is 9.59 Å². The standard InChI is InChI=1S/C18H25ClN2O2/c1-3-16(4-2)20-17(22)14-6-5-11-21(12-14)18(23)13-7-9-15(19)10-8-13/h7-10,14,16H,3-6,11-12H2,1-2H3,(H,20,22)/t14-/m1/s1. The fraction of sp³-hybridized carbons (Fsp3) is 0.556. The minimum atomic E-state index is -0.111. The van der Waals surface area contributed by atoms with Gasteiger partial charge in [0.05, 0.1) is 5.92 Å². The van der Waals surface area contributed by atoms with Crippen molar-refractivity contribution >= 4 is 23.4 Å². The predicted octanol–water partition coefficient (Wildman–Crippen LogP) is 3.50. The Hall–Kier alpha value is -1.55. The van der Waals surface area contributed by atoms with Crippen molar-refractivity contribution in [3.8, 4) is 0 Å². The van der Waals surface area contributed by atoms with Crippen molar-refractivity contribution < 1.29 is 9.59 Å². The molecule has 0 unspecified atom stereocenters. The fourth-order valence-corrected chi connectivity index (χ4v) is 3.09. The molecule has 0 radical (unpaired) electrons. The van der Waals surface area contributed by atoms with Crippen LogP contribution in [0, 0.1) is 5.92 Å². The second kappa shape index (κ2) is 8.34. The highest BCUT2D eigenvalue weighted by Crippen LogP contribution is 2.20. The van der Waals surface area contributed by atoms with E-state index >= 15 is 0 Å². The van der Waals surface area contributed by atoms with Crippen LogP contribution in [0.15, 0.2) is 24.3 Å². The summed E-state index contributed by atoms with van der Waals surface area (Å²) in [4.78, 5) is 26.8. The van der Waals surface area contributed by atoms with Crippen LogP contribution in [0.3, 0.4) is 0 Å². The van der Waals surface area contributed by atoms with Crippen LogP contribution in [0.4, 0.5) is 0 Å². The van der Waals surface area contributed by atoms with Crippen molar-refractivity contribution in [2.24, 2.45) is 5.92 Å². The summed E-state index contributed by atoms with van der Waals surface area (Å²) in [6.45, 7) is 5.35. The summed E-state index contributed by atoms with van der Waals surface area (Å²) in [6.07, 6.45) is 3.57. The molecule has 0 spiro atoms. The highest BCUT2D eigenvalue weighted by molar-refractivity contribution is 6.30. The molecule has 2 amide bonds. The number of hydrogen-bond donors (Lipinski definition) is 1. The van der Waals surface area contributed by atoms with Crippen LogP contribution in [0.5, 0.6) is 0 Å². The van der Waals surface area contributed by atoms with Crippen molar-refractivity contribution in [2.45, 2.75) is 45.6 Å². The molecule has 1 atom stereocenters. The lowest BCUT2D eigenvalue weighted by molar-refractivity contribution is -0.127. The van der Waals surface area contributed by atoms with Crippen LogP contribution in [0.1, 0.15) is 49.9 Å². The normalized spacial score (nSPS) is 18.1. The number of carbonyl (C=O) groups is 2. The molecule has 0 aliphatic carbocycles. The molecule has 1 aliphatic rings. The lowest BCUT2D eigenvalue weighted by atomic mass is 9.95. The number of carbonyl (C=O) groups excluding carboxylic acids is 2. The van der Waals surface area contributed by atoms with E-state index in [1.807, 2.05) is 0 Å². The average molecular weight is 337 g/mol. The van der Waals surface area contributed by atoms with Crippen LogP contribution in [0.25, 0.3) is 0 Å². The molecule has 5 heteroatoms. The molecule has 0 aromatic heterocycles. The smallest absolute Gasteiger partial charge is 0.253 e. The minimum Gasteiger partial charge on any atom is -0.353 e. The zero-order valence-electron chi connectivity index (χ0n) is 13.8. The van der Waals surface area contributed by atoms with E-state index in [2.05, 4.69) is 19.2 Å². The predicted molar refractivity (Wildman–Crippen MR) is 92.6 cm³/mol. The molecule has 4 nitrogen and oxygen atoms in total. The summed E-state index contributed by atoms with van der Waals surface area (Å²) in [5.74, 6) is -0.0605. The lowest BCUT2D eigenvalue weighted by Gasteiger charge is -2.33. The summed E-state index contributed by atoms with van der Waals surface area (Å²) < 4.78 is 0. The molecule has 1 aromatic carbocycles. The Bertz CT molecular complexity index is 540. The van der Waals surface area contributed by atoms with Gasteiger partial charge in [0.15, 0.2) is 0 Å². The number of likely N-dealkylation sites (tertiary alicyclic amines) is 1. The molecule has 23 heavy (non-hydrogen) atoms. The topological polar surface area (TPSA) is 49.4 Å². The molecule has 1 heterocycles. The Morgan fingerprint density at radius 1 is 1.26 bits per heavy atom. The molecule has 1 N–H and O–H groups in total. The highest BCUT2D eigenvalue weighted by atomic mass is 35.5. The second-order valence-electron chi connectivity index (χ2n) is 6.12. The molecule has 1 fully saturated rings. The van der Waals surface area contributed by atoms with Gasteiger partial charge in [0.1, 0.15) is 0 Å². The van der Waals surface area contributed by atoms with Crippen molar-refractivity contribution in [1.82, 2.24) is 10.2 Å². The molecule has 0 saturated carbocycles. The van der Waals surface area contributed by atoms with Crippen LogP contribution in [0.2, 0.25) is 5.02 Å². The van der Waals surface area contributed by atoms with Gasteiger partial charge in [-0.15, -0.1) is 0 Å². The molecule has 126 valence electrons. The van der Waals surface area contributed by atoms with E-state index in [4.69, 9.17) is 11.6 Å². The van der Waals surface area contributed by atoms with Gasteiger partial charge in [0, 0.05) is 29.7 Å². The van der Waals surface area contributed by atoms with Gasteiger partial charge in [-0.25, -0.2) is 0 Å². The third kappa shape index (κ3) is 4.71. The zero-order valence-corrected chi connectivity index (χ0v) is 14.6. The number of halogens is 1. The minimum absolute atomic E-state index is 0.0262. The van der Waals surface area contributed by atoms with Gasteiger partial charge in [-0.05, 0) is 49.9 Å². The number of benzene rings is 1. The van der Waals surface area contributed by atoms with Gasteiger partial charge in [-0.1, -0.05) is 25.4 Å². The van der Waals surface area contributed by atoms with E-state index in [1.54, 1.807) is 29.2 Å². The Balaban J connectivity index is 1.98. The average Bonchev–Trinajstić information content (AvgIpc) is 2.59. The first kappa shape index (κ1) is 17.8. The van der Waals surface area contributed by atoms with Crippen LogP contribution >= 0.6 is 11.6 Å². The Labute approximate surface area is 143 Å². The quantitative estimate of drug-likeness (QED) is 0.894. The third-order valence-corrected chi connectivity index (χ3v) is 4.75. The maximum absolute atomic E-state index is 12.6. The first-order valence-corrected chi connectivity index (χ1v) is 8.78. The molecule has 0 bridgehead atoms. The molecular formula is C18H25ClN2O2. The third-order valence-electron chi connectivity index (χ3n) is 4.50. The largest absolute Gasteiger partial charge is 0.353 e. The molecule has 2 rings (SSSR count). The number of amides is 2. The fourth-order valence-electron chi connectivity index (χ4n) is 2.96. The van der Waals surface area contributed by atoms with E-state index in [0.717, 1.165) is 25.7 Å². The second-order valence-corrected chi connectivity index (χ2v) is 6.56. The Morgan fingerprint density at radius 2 is 1.91 bits per heavy atom. The maximum atomic E-state index is 12.6. The lowest BCUT2D eigenvalue weighted by Crippen LogP contribution is -2.47. The first-order chi connectivity index (χ1) is 11.0. The van der Waals surface area contributed by atoms with Gasteiger partial charge in [0.25, 0.3) is 5.91 Å². The monoisotopic (exact) mass is 336 g/mol. The summed E-state index contributed by atoms with van der Waals surface area (Å²) >= 11 is 5.86. The van der Waals surface area contributed by atoms with E-state index in [1.165, 1.54) is 0 Å². The molecule has 1 aromatic rings. The molecule has 1 saturated heterocycles. The number of piperidine rings is 1. The van der Waals surface area contributed by atoms with E-state index in [0.29, 0.717) is 23.7 Å². The number of nitrogens with zero attached hydrogens (tertiary/aromatic N) is 1. The SMILES string of the molecule is CCC(CC)NC(=O)[C@@H]1CCCN(C(=O)c2ccc(Cl)cc2)C1. The number of rotatable bonds is 5. The van der Waals surface area contributed by atoms with Gasteiger partial charge >= 0.3 is 0 Å². The maximum Gasteiger partial charge on any atom is 0.253 e. The van der Waals surface area contributed by atoms with Crippen LogP contribution in [-0.4, -0.2) is 35.8 Å². The van der Waals surface area contributed by atoms with E-state index in [9.17, 15) is 9.59 Å². The van der Waals surface area contributed by atoms with Crippen LogP contribution in [-0.2, 0) is 4.79 Å². The van der Waals surface area contributed by atoms with Gasteiger partial charge in [0.2, 0.25) is 5.91 Å². The van der Waals surface area contributed by atoms with Crippen LogP contribution < -0.4 is 5.32 Å². The van der Waals surface area contributed by atoms with Crippen molar-refractivity contribution in [1.29, 1.82) is 0 Å². The van der Waals surface area contributed by atoms with E-state index < -0.39 is 0 Å². The molecule has 1 aliphatic heterocycles. The van der Waals surface area contributed by atoms with Gasteiger partial charge < -0.3 is 10.2 Å². The summed E-state index contributed by atoms with van der Waals surface area (Å²) in [6, 6.07) is 7.13.